The van der Waals surface area contributed by atoms with Crippen LogP contribution in [0.4, 0.5) is 5.69 Å². The maximum atomic E-state index is 14.2. The van der Waals surface area contributed by atoms with Crippen molar-refractivity contribution in [2.75, 3.05) is 37.9 Å². The monoisotopic (exact) mass is 595 g/mol. The number of nitrogens with zero attached hydrogens (tertiary/aromatic N) is 2. The molecule has 1 N–H and O–H groups in total. The third-order valence-electron chi connectivity index (χ3n) is 6.87. The Hall–Kier alpha value is -4.05. The van der Waals surface area contributed by atoms with Gasteiger partial charge in [0.25, 0.3) is 0 Å². The van der Waals surface area contributed by atoms with Crippen molar-refractivity contribution >= 4 is 27.5 Å². The predicted octanol–water partition coefficient (Wildman–Crippen LogP) is 4.33. The number of amides is 2. The zero-order chi connectivity index (χ0) is 30.7. The summed E-state index contributed by atoms with van der Waals surface area (Å²) in [5.74, 6) is -0.105. The van der Waals surface area contributed by atoms with Gasteiger partial charge in [0.1, 0.15) is 24.1 Å². The Labute approximate surface area is 249 Å². The van der Waals surface area contributed by atoms with Crippen LogP contribution in [-0.2, 0) is 32.6 Å². The first-order chi connectivity index (χ1) is 20.1. The number of unbranched alkanes of at least 4 members (excludes halogenated alkanes) is 1. The van der Waals surface area contributed by atoms with Crippen LogP contribution in [0.15, 0.2) is 72.8 Å². The first kappa shape index (κ1) is 32.5. The lowest BCUT2D eigenvalue weighted by molar-refractivity contribution is -0.140. The number of rotatable bonds is 15. The normalized spacial score (nSPS) is 11.8. The van der Waals surface area contributed by atoms with Crippen LogP contribution < -0.4 is 19.1 Å². The molecule has 0 spiro atoms. The fourth-order valence-corrected chi connectivity index (χ4v) is 5.51. The molecule has 1 atom stereocenters. The third-order valence-corrected chi connectivity index (χ3v) is 8.00. The molecule has 3 aromatic carbocycles. The lowest BCUT2D eigenvalue weighted by Gasteiger charge is -2.34. The van der Waals surface area contributed by atoms with Gasteiger partial charge in [0.05, 0.1) is 26.2 Å². The number of hydrogen-bond acceptors (Lipinski definition) is 6. The van der Waals surface area contributed by atoms with Crippen molar-refractivity contribution < 1.29 is 27.5 Å². The summed E-state index contributed by atoms with van der Waals surface area (Å²) in [4.78, 5) is 29.4. The van der Waals surface area contributed by atoms with E-state index in [9.17, 15) is 18.0 Å². The van der Waals surface area contributed by atoms with Crippen molar-refractivity contribution in [1.82, 2.24) is 10.2 Å². The van der Waals surface area contributed by atoms with E-state index in [2.05, 4.69) is 5.32 Å². The molecule has 0 bridgehead atoms. The Morgan fingerprint density at radius 3 is 2.26 bits per heavy atom. The molecule has 0 aliphatic rings. The van der Waals surface area contributed by atoms with Crippen LogP contribution in [0.3, 0.4) is 0 Å². The highest BCUT2D eigenvalue weighted by Crippen LogP contribution is 2.33. The van der Waals surface area contributed by atoms with Crippen molar-refractivity contribution in [2.24, 2.45) is 0 Å². The quantitative estimate of drug-likeness (QED) is 0.262. The minimum absolute atomic E-state index is 0.122. The Morgan fingerprint density at radius 2 is 1.64 bits per heavy atom. The molecule has 226 valence electrons. The number of carbonyl (C=O) groups excluding carboxylic acids is 2. The van der Waals surface area contributed by atoms with Gasteiger partial charge in [0.2, 0.25) is 21.8 Å². The van der Waals surface area contributed by atoms with E-state index in [0.29, 0.717) is 12.3 Å². The Balaban J connectivity index is 2.07. The van der Waals surface area contributed by atoms with Crippen molar-refractivity contribution in [3.8, 4) is 11.5 Å². The van der Waals surface area contributed by atoms with Crippen LogP contribution >= 0.6 is 0 Å². The summed E-state index contributed by atoms with van der Waals surface area (Å²) >= 11 is 0. The molecule has 0 aliphatic carbocycles. The fraction of sp³-hybridized carbons (Fsp3) is 0.375. The number of nitrogens with one attached hydrogen (secondary N) is 1. The van der Waals surface area contributed by atoms with E-state index in [4.69, 9.17) is 9.47 Å². The van der Waals surface area contributed by atoms with Crippen LogP contribution in [0, 0.1) is 6.92 Å². The number of aryl methyl sites for hydroxylation is 1. The molecule has 3 aromatic rings. The summed E-state index contributed by atoms with van der Waals surface area (Å²) in [6, 6.07) is 21.0. The maximum Gasteiger partial charge on any atom is 0.244 e. The molecule has 42 heavy (non-hydrogen) atoms. The van der Waals surface area contributed by atoms with Gasteiger partial charge < -0.3 is 19.7 Å². The second-order valence-electron chi connectivity index (χ2n) is 10.2. The first-order valence-electron chi connectivity index (χ1n) is 13.9. The highest BCUT2D eigenvalue weighted by Gasteiger charge is 2.33. The molecule has 0 fully saturated rings. The number of ether oxygens (including phenoxy) is 2. The molecule has 0 aromatic heterocycles. The number of hydrogen-bond donors (Lipinski definition) is 1. The van der Waals surface area contributed by atoms with Crippen LogP contribution in [0.25, 0.3) is 0 Å². The van der Waals surface area contributed by atoms with Gasteiger partial charge in [-0.2, -0.15) is 0 Å². The smallest absolute Gasteiger partial charge is 0.244 e. The second-order valence-corrected chi connectivity index (χ2v) is 12.1. The topological polar surface area (TPSA) is 105 Å². The molecule has 0 aliphatic heterocycles. The molecular weight excluding hydrogens is 554 g/mol. The van der Waals surface area contributed by atoms with E-state index in [1.54, 1.807) is 12.1 Å². The van der Waals surface area contributed by atoms with Gasteiger partial charge in [-0.05, 0) is 36.6 Å². The summed E-state index contributed by atoms with van der Waals surface area (Å²) in [7, 11) is -1.02. The average molecular weight is 596 g/mol. The molecule has 9 nitrogen and oxygen atoms in total. The number of benzene rings is 3. The number of anilines is 1. The Kier molecular flexibility index (Phi) is 11.8. The maximum absolute atomic E-state index is 14.2. The van der Waals surface area contributed by atoms with Gasteiger partial charge in [-0.3, -0.25) is 13.9 Å². The van der Waals surface area contributed by atoms with Gasteiger partial charge >= 0.3 is 0 Å². The Morgan fingerprint density at radius 1 is 0.929 bits per heavy atom. The highest BCUT2D eigenvalue weighted by atomic mass is 32.2. The number of carbonyl (C=O) groups is 2. The summed E-state index contributed by atoms with van der Waals surface area (Å²) in [5.41, 5.74) is 2.91. The van der Waals surface area contributed by atoms with E-state index >= 15 is 0 Å². The molecule has 10 heteroatoms. The molecule has 0 radical (unpaired) electrons. The molecule has 2 amide bonds. The Bertz CT molecular complexity index is 1450. The van der Waals surface area contributed by atoms with Gasteiger partial charge in [-0.15, -0.1) is 0 Å². The van der Waals surface area contributed by atoms with Gasteiger partial charge in [0.15, 0.2) is 0 Å². The summed E-state index contributed by atoms with van der Waals surface area (Å²) in [6.07, 6.45) is 3.01. The van der Waals surface area contributed by atoms with Gasteiger partial charge in [-0.1, -0.05) is 73.5 Å². The molecule has 0 unspecified atom stereocenters. The van der Waals surface area contributed by atoms with E-state index in [0.717, 1.165) is 40.1 Å². The lowest BCUT2D eigenvalue weighted by Crippen LogP contribution is -2.53. The van der Waals surface area contributed by atoms with E-state index in [1.807, 2.05) is 68.4 Å². The zero-order valence-electron chi connectivity index (χ0n) is 25.0. The van der Waals surface area contributed by atoms with Gasteiger partial charge in [0, 0.05) is 25.6 Å². The standard InChI is InChI=1S/C32H41N3O6S/c1-6-7-18-33-32(37)29(20-25-13-9-8-10-14-25)34(22-26-15-11-12-24(2)19-26)31(36)23-35(42(5,38)39)28-17-16-27(40-3)21-30(28)41-4/h8-17,19,21,29H,6-7,18,20,22-23H2,1-5H3,(H,33,37)/t29-/m0/s1. The summed E-state index contributed by atoms with van der Waals surface area (Å²) in [6.45, 7) is 4.06. The first-order valence-corrected chi connectivity index (χ1v) is 15.8. The fourth-order valence-electron chi connectivity index (χ4n) is 4.65. The van der Waals surface area contributed by atoms with E-state index in [1.165, 1.54) is 25.2 Å². The second kappa shape index (κ2) is 15.3. The number of sulfonamides is 1. The van der Waals surface area contributed by atoms with E-state index < -0.39 is 28.5 Å². The summed E-state index contributed by atoms with van der Waals surface area (Å²) in [5, 5.41) is 2.98. The third kappa shape index (κ3) is 8.97. The molecular formula is C32H41N3O6S. The van der Waals surface area contributed by atoms with Crippen molar-refractivity contribution in [3.05, 3.63) is 89.5 Å². The molecule has 0 heterocycles. The van der Waals surface area contributed by atoms with Crippen LogP contribution in [0.1, 0.15) is 36.5 Å². The SMILES string of the molecule is CCCCNC(=O)[C@H](Cc1ccccc1)N(Cc1cccc(C)c1)C(=O)CN(c1ccc(OC)cc1OC)S(C)(=O)=O. The minimum atomic E-state index is -3.94. The molecule has 0 saturated carbocycles. The highest BCUT2D eigenvalue weighted by molar-refractivity contribution is 7.92. The van der Waals surface area contributed by atoms with Crippen LogP contribution in [0.5, 0.6) is 11.5 Å². The van der Waals surface area contributed by atoms with Gasteiger partial charge in [-0.25, -0.2) is 8.42 Å². The molecule has 0 saturated heterocycles. The zero-order valence-corrected chi connectivity index (χ0v) is 25.8. The largest absolute Gasteiger partial charge is 0.497 e. The van der Waals surface area contributed by atoms with Crippen molar-refractivity contribution in [1.29, 1.82) is 0 Å². The minimum Gasteiger partial charge on any atom is -0.497 e. The number of methoxy groups -OCH3 is 2. The van der Waals surface area contributed by atoms with E-state index in [-0.39, 0.29) is 30.3 Å². The average Bonchev–Trinajstić information content (AvgIpc) is 2.97. The molecule has 3 rings (SSSR count). The predicted molar refractivity (Wildman–Crippen MR) is 165 cm³/mol. The summed E-state index contributed by atoms with van der Waals surface area (Å²) < 4.78 is 37.9. The lowest BCUT2D eigenvalue weighted by atomic mass is 10.0. The van der Waals surface area contributed by atoms with Crippen LogP contribution in [0.2, 0.25) is 0 Å². The van der Waals surface area contributed by atoms with Crippen molar-refractivity contribution in [2.45, 2.75) is 45.7 Å². The van der Waals surface area contributed by atoms with Crippen LogP contribution in [-0.4, -0.2) is 64.7 Å². The van der Waals surface area contributed by atoms with Crippen molar-refractivity contribution in [3.63, 3.8) is 0 Å².